The molecule has 1 unspecified atom stereocenters. The number of para-hydroxylation sites is 1. The third-order valence-electron chi connectivity index (χ3n) is 4.55. The van der Waals surface area contributed by atoms with Crippen molar-refractivity contribution in [2.24, 2.45) is 5.92 Å². The number of anilines is 1. The summed E-state index contributed by atoms with van der Waals surface area (Å²) in [5.41, 5.74) is 4.47. The molecule has 3 nitrogen and oxygen atoms in total. The zero-order chi connectivity index (χ0) is 17.4. The number of ether oxygens (including phenoxy) is 1. The summed E-state index contributed by atoms with van der Waals surface area (Å²) >= 11 is 0. The summed E-state index contributed by atoms with van der Waals surface area (Å²) in [5.74, 6) is 0.339. The Morgan fingerprint density at radius 1 is 1.33 bits per heavy atom. The van der Waals surface area contributed by atoms with E-state index in [4.69, 9.17) is 4.74 Å². The molecule has 1 aliphatic carbocycles. The molecule has 0 radical (unpaired) electrons. The van der Waals surface area contributed by atoms with E-state index in [-0.39, 0.29) is 5.97 Å². The summed E-state index contributed by atoms with van der Waals surface area (Å²) in [5, 5.41) is 3.43. The van der Waals surface area contributed by atoms with Crippen molar-refractivity contribution in [3.8, 4) is 0 Å². The number of nitrogens with one attached hydrogen (secondary N) is 1. The first kappa shape index (κ1) is 18.3. The molecule has 1 N–H and O–H groups in total. The maximum absolute atomic E-state index is 11.8. The van der Waals surface area contributed by atoms with Gasteiger partial charge in [0.05, 0.1) is 12.7 Å². The van der Waals surface area contributed by atoms with Crippen molar-refractivity contribution < 1.29 is 9.53 Å². The van der Waals surface area contributed by atoms with Gasteiger partial charge in [-0.2, -0.15) is 0 Å². The molecule has 0 saturated carbocycles. The van der Waals surface area contributed by atoms with Crippen molar-refractivity contribution >= 4 is 11.7 Å². The molecule has 0 saturated heterocycles. The maximum Gasteiger partial charge on any atom is 0.339 e. The first-order chi connectivity index (χ1) is 11.6. The highest BCUT2D eigenvalue weighted by Crippen LogP contribution is 2.27. The first-order valence-electron chi connectivity index (χ1n) is 8.82. The lowest BCUT2D eigenvalue weighted by molar-refractivity contribution is 0.0602. The molecule has 0 heterocycles. The Morgan fingerprint density at radius 2 is 2.12 bits per heavy atom. The number of esters is 1. The van der Waals surface area contributed by atoms with Gasteiger partial charge in [-0.3, -0.25) is 0 Å². The average Bonchev–Trinajstić information content (AvgIpc) is 2.60. The molecule has 1 aliphatic rings. The number of methoxy groups -OCH3 is 1. The van der Waals surface area contributed by atoms with Gasteiger partial charge in [0.2, 0.25) is 0 Å². The monoisotopic (exact) mass is 327 g/mol. The van der Waals surface area contributed by atoms with E-state index in [1.807, 2.05) is 18.2 Å². The van der Waals surface area contributed by atoms with Gasteiger partial charge in [-0.05, 0) is 64.0 Å². The molecular formula is C21H29NO2. The second kappa shape index (κ2) is 9.31. The smallest absolute Gasteiger partial charge is 0.339 e. The van der Waals surface area contributed by atoms with Gasteiger partial charge in [0, 0.05) is 12.2 Å². The third kappa shape index (κ3) is 5.55. The van der Waals surface area contributed by atoms with Crippen molar-refractivity contribution in [2.75, 3.05) is 19.0 Å². The summed E-state index contributed by atoms with van der Waals surface area (Å²) in [6.07, 6.45) is 10.6. The van der Waals surface area contributed by atoms with E-state index in [2.05, 4.69) is 31.3 Å². The van der Waals surface area contributed by atoms with Crippen molar-refractivity contribution in [1.82, 2.24) is 0 Å². The van der Waals surface area contributed by atoms with Crippen LogP contribution in [-0.4, -0.2) is 19.6 Å². The van der Waals surface area contributed by atoms with E-state index in [1.54, 1.807) is 11.6 Å². The number of carbonyl (C=O) groups is 1. The van der Waals surface area contributed by atoms with Gasteiger partial charge >= 0.3 is 5.97 Å². The summed E-state index contributed by atoms with van der Waals surface area (Å²) in [6.45, 7) is 5.21. The van der Waals surface area contributed by atoms with Crippen LogP contribution in [0.1, 0.15) is 56.3 Å². The van der Waals surface area contributed by atoms with Crippen LogP contribution in [0, 0.1) is 5.92 Å². The molecular weight excluding hydrogens is 298 g/mol. The number of carbonyl (C=O) groups excluding carboxylic acids is 1. The van der Waals surface area contributed by atoms with Gasteiger partial charge in [-0.15, -0.1) is 0 Å². The van der Waals surface area contributed by atoms with Gasteiger partial charge < -0.3 is 10.1 Å². The Morgan fingerprint density at radius 3 is 2.79 bits per heavy atom. The molecule has 0 aliphatic heterocycles. The largest absolute Gasteiger partial charge is 0.465 e. The molecule has 1 aromatic rings. The van der Waals surface area contributed by atoms with Crippen LogP contribution < -0.4 is 5.32 Å². The zero-order valence-electron chi connectivity index (χ0n) is 15.1. The van der Waals surface area contributed by atoms with Crippen LogP contribution in [0.2, 0.25) is 0 Å². The number of hydrogen-bond donors (Lipinski definition) is 1. The van der Waals surface area contributed by atoms with E-state index in [1.165, 1.54) is 31.9 Å². The third-order valence-corrected chi connectivity index (χ3v) is 4.55. The van der Waals surface area contributed by atoms with Crippen LogP contribution in [0.4, 0.5) is 5.69 Å². The van der Waals surface area contributed by atoms with Crippen LogP contribution in [-0.2, 0) is 4.74 Å². The molecule has 0 bridgehead atoms. The predicted molar refractivity (Wildman–Crippen MR) is 100 cm³/mol. The number of benzene rings is 1. The van der Waals surface area contributed by atoms with E-state index in [0.29, 0.717) is 11.5 Å². The Balaban J connectivity index is 1.84. The molecule has 2 rings (SSSR count). The average molecular weight is 327 g/mol. The minimum Gasteiger partial charge on any atom is -0.465 e. The summed E-state index contributed by atoms with van der Waals surface area (Å²) in [7, 11) is 1.42. The second-order valence-corrected chi connectivity index (χ2v) is 6.74. The van der Waals surface area contributed by atoms with Crippen molar-refractivity contribution in [3.05, 3.63) is 53.1 Å². The SMILES string of the molecule is COC(=O)c1ccccc1NCC1CC=C(CCC=C(C)C)CC1. The van der Waals surface area contributed by atoms with Gasteiger partial charge in [-0.1, -0.05) is 35.4 Å². The van der Waals surface area contributed by atoms with Crippen LogP contribution >= 0.6 is 0 Å². The topological polar surface area (TPSA) is 38.3 Å². The van der Waals surface area contributed by atoms with E-state index >= 15 is 0 Å². The lowest BCUT2D eigenvalue weighted by Crippen LogP contribution is -2.18. The van der Waals surface area contributed by atoms with Gasteiger partial charge in [0.25, 0.3) is 0 Å². The Kier molecular flexibility index (Phi) is 7.10. The first-order valence-corrected chi connectivity index (χ1v) is 8.82. The quantitative estimate of drug-likeness (QED) is 0.541. The number of rotatable bonds is 7. The minimum atomic E-state index is -0.289. The lowest BCUT2D eigenvalue weighted by atomic mass is 9.87. The van der Waals surface area contributed by atoms with Crippen LogP contribution in [0.25, 0.3) is 0 Å². The summed E-state index contributed by atoms with van der Waals surface area (Å²) < 4.78 is 4.84. The molecule has 3 heteroatoms. The summed E-state index contributed by atoms with van der Waals surface area (Å²) in [4.78, 5) is 11.8. The highest BCUT2D eigenvalue weighted by atomic mass is 16.5. The fourth-order valence-corrected chi connectivity index (χ4v) is 3.08. The fraction of sp³-hybridized carbons (Fsp3) is 0.476. The molecule has 0 aromatic heterocycles. The van der Waals surface area contributed by atoms with Crippen molar-refractivity contribution in [3.63, 3.8) is 0 Å². The summed E-state index contributed by atoms with van der Waals surface area (Å²) in [6, 6.07) is 7.54. The number of hydrogen-bond acceptors (Lipinski definition) is 3. The van der Waals surface area contributed by atoms with Crippen LogP contribution in [0.15, 0.2) is 47.6 Å². The van der Waals surface area contributed by atoms with Crippen molar-refractivity contribution in [2.45, 2.75) is 46.0 Å². The highest BCUT2D eigenvalue weighted by molar-refractivity contribution is 5.95. The lowest BCUT2D eigenvalue weighted by Gasteiger charge is -2.23. The Labute approximate surface area is 145 Å². The maximum atomic E-state index is 11.8. The molecule has 0 spiro atoms. The normalized spacial score (nSPS) is 17.0. The Hall–Kier alpha value is -2.03. The molecule has 24 heavy (non-hydrogen) atoms. The molecule has 1 atom stereocenters. The van der Waals surface area contributed by atoms with E-state index < -0.39 is 0 Å². The highest BCUT2D eigenvalue weighted by Gasteiger charge is 2.16. The zero-order valence-corrected chi connectivity index (χ0v) is 15.1. The predicted octanol–water partition coefficient (Wildman–Crippen LogP) is 5.36. The molecule has 130 valence electrons. The number of allylic oxidation sites excluding steroid dienone is 4. The second-order valence-electron chi connectivity index (χ2n) is 6.74. The van der Waals surface area contributed by atoms with Gasteiger partial charge in [0.15, 0.2) is 0 Å². The van der Waals surface area contributed by atoms with Gasteiger partial charge in [-0.25, -0.2) is 4.79 Å². The van der Waals surface area contributed by atoms with Gasteiger partial charge in [0.1, 0.15) is 0 Å². The standard InChI is InChI=1S/C21H29NO2/c1-16(2)7-6-8-17-11-13-18(14-12-17)15-22-20-10-5-4-9-19(20)21(23)24-3/h4-5,7,9-11,18,22H,6,8,12-15H2,1-3H3. The van der Waals surface area contributed by atoms with E-state index in [0.717, 1.165) is 25.1 Å². The van der Waals surface area contributed by atoms with Crippen molar-refractivity contribution in [1.29, 1.82) is 0 Å². The fourth-order valence-electron chi connectivity index (χ4n) is 3.08. The minimum absolute atomic E-state index is 0.289. The van der Waals surface area contributed by atoms with E-state index in [9.17, 15) is 4.79 Å². The molecule has 1 aromatic carbocycles. The molecule has 0 amide bonds. The Bertz CT molecular complexity index is 612. The van der Waals surface area contributed by atoms with Crippen LogP contribution in [0.3, 0.4) is 0 Å². The molecule has 0 fully saturated rings. The van der Waals surface area contributed by atoms with Crippen LogP contribution in [0.5, 0.6) is 0 Å².